The maximum absolute atomic E-state index is 12.1. The first kappa shape index (κ1) is 27.3. The van der Waals surface area contributed by atoms with Crippen LogP contribution in [0.15, 0.2) is 35.2 Å². The molecule has 29 heavy (non-hydrogen) atoms. The van der Waals surface area contributed by atoms with Crippen molar-refractivity contribution in [1.82, 2.24) is 0 Å². The van der Waals surface area contributed by atoms with Crippen LogP contribution in [0.25, 0.3) is 10.8 Å². The van der Waals surface area contributed by atoms with Crippen LogP contribution < -0.4 is 51.4 Å². The molecule has 0 amide bonds. The third-order valence-corrected chi connectivity index (χ3v) is 6.47. The number of unbranched alkanes of at least 4 members (excludes halogenated alkanes) is 8. The van der Waals surface area contributed by atoms with Gasteiger partial charge in [-0.05, 0) is 53.6 Å². The fourth-order valence-electron chi connectivity index (χ4n) is 3.88. The van der Waals surface area contributed by atoms with Gasteiger partial charge in [0.2, 0.25) is 0 Å². The Morgan fingerprint density at radius 1 is 0.759 bits per heavy atom. The number of fused-ring (bicyclic) bond motifs is 1. The summed E-state index contributed by atoms with van der Waals surface area (Å²) in [6.45, 7) is 4.38. The van der Waals surface area contributed by atoms with Crippen molar-refractivity contribution in [1.29, 1.82) is 0 Å². The van der Waals surface area contributed by atoms with Gasteiger partial charge in [0.05, 0.1) is 4.90 Å². The summed E-state index contributed by atoms with van der Waals surface area (Å²) < 4.78 is 36.3. The van der Waals surface area contributed by atoms with Crippen LogP contribution in [-0.2, 0) is 23.0 Å². The molecular formula is C24H35KO3S. The van der Waals surface area contributed by atoms with Crippen LogP contribution in [0.3, 0.4) is 0 Å². The number of aryl methyl sites for hydroxylation is 2. The average Bonchev–Trinajstić information content (AvgIpc) is 2.66. The Bertz CT molecular complexity index is 841. The molecule has 0 aromatic heterocycles. The molecule has 0 atom stereocenters. The molecular weight excluding hydrogens is 407 g/mol. The first-order chi connectivity index (χ1) is 13.5. The summed E-state index contributed by atoms with van der Waals surface area (Å²) in [5.41, 5.74) is 1.80. The summed E-state index contributed by atoms with van der Waals surface area (Å²) in [5, 5.41) is 1.44. The summed E-state index contributed by atoms with van der Waals surface area (Å²) >= 11 is 0. The Balaban J connectivity index is 0.00000420. The fourth-order valence-corrected chi connectivity index (χ4v) is 4.82. The molecule has 3 nitrogen and oxygen atoms in total. The Morgan fingerprint density at radius 2 is 1.31 bits per heavy atom. The molecule has 0 saturated heterocycles. The molecule has 2 aromatic carbocycles. The van der Waals surface area contributed by atoms with Gasteiger partial charge >= 0.3 is 51.4 Å². The van der Waals surface area contributed by atoms with Crippen molar-refractivity contribution in [3.8, 4) is 0 Å². The van der Waals surface area contributed by atoms with Gasteiger partial charge in [0.15, 0.2) is 0 Å². The molecule has 156 valence electrons. The van der Waals surface area contributed by atoms with Gasteiger partial charge in [0, 0.05) is 0 Å². The van der Waals surface area contributed by atoms with E-state index in [0.717, 1.165) is 43.1 Å². The van der Waals surface area contributed by atoms with Gasteiger partial charge in [-0.25, -0.2) is 8.42 Å². The molecule has 0 heterocycles. The van der Waals surface area contributed by atoms with E-state index >= 15 is 0 Å². The van der Waals surface area contributed by atoms with Crippen molar-refractivity contribution >= 4 is 20.9 Å². The van der Waals surface area contributed by atoms with Crippen molar-refractivity contribution in [3.05, 3.63) is 41.5 Å². The van der Waals surface area contributed by atoms with Crippen LogP contribution >= 0.6 is 0 Å². The number of benzene rings is 2. The van der Waals surface area contributed by atoms with Crippen LogP contribution in [0.2, 0.25) is 0 Å². The van der Waals surface area contributed by atoms with Crippen LogP contribution in [0.1, 0.15) is 89.2 Å². The number of hydrogen-bond donors (Lipinski definition) is 0. The van der Waals surface area contributed by atoms with Gasteiger partial charge in [-0.15, -0.1) is 0 Å². The maximum Gasteiger partial charge on any atom is 1.00 e. The summed E-state index contributed by atoms with van der Waals surface area (Å²) in [5.74, 6) is 0. The third-order valence-electron chi connectivity index (χ3n) is 5.49. The molecule has 0 N–H and O–H groups in total. The molecule has 0 aliphatic rings. The minimum Gasteiger partial charge on any atom is -0.744 e. The van der Waals surface area contributed by atoms with E-state index in [2.05, 4.69) is 19.9 Å². The molecule has 0 unspecified atom stereocenters. The monoisotopic (exact) mass is 442 g/mol. The van der Waals surface area contributed by atoms with Crippen molar-refractivity contribution < 1.29 is 64.4 Å². The van der Waals surface area contributed by atoms with Crippen molar-refractivity contribution in [2.75, 3.05) is 0 Å². The average molecular weight is 443 g/mol. The summed E-state index contributed by atoms with van der Waals surface area (Å²) in [6.07, 6.45) is 13.1. The van der Waals surface area contributed by atoms with E-state index in [1.807, 2.05) is 24.3 Å². The number of hydrogen-bond acceptors (Lipinski definition) is 3. The zero-order valence-electron chi connectivity index (χ0n) is 18.5. The standard InChI is InChI=1S/C24H36O3S.K/c1-3-5-7-9-11-13-20-15-16-21-17-18-22(14-12-10-8-6-4-2)24(23(21)19-20)28(25,26)27;/h15-19H,3-14H2,1-2H3,(H,25,26,27);/q;+1/p-1. The quantitative estimate of drug-likeness (QED) is 0.269. The van der Waals surface area contributed by atoms with E-state index in [1.165, 1.54) is 38.5 Å². The minimum absolute atomic E-state index is 0. The predicted octanol–water partition coefficient (Wildman–Crippen LogP) is 3.77. The van der Waals surface area contributed by atoms with E-state index in [9.17, 15) is 13.0 Å². The van der Waals surface area contributed by atoms with Gasteiger partial charge in [0.25, 0.3) is 0 Å². The van der Waals surface area contributed by atoms with Gasteiger partial charge in [0.1, 0.15) is 10.1 Å². The fraction of sp³-hybridized carbons (Fsp3) is 0.583. The predicted molar refractivity (Wildman–Crippen MR) is 117 cm³/mol. The first-order valence-corrected chi connectivity index (χ1v) is 12.4. The topological polar surface area (TPSA) is 57.2 Å². The van der Waals surface area contributed by atoms with Crippen LogP contribution in [0.4, 0.5) is 0 Å². The molecule has 0 aliphatic heterocycles. The zero-order chi connectivity index (χ0) is 20.4. The minimum atomic E-state index is -4.51. The second-order valence-corrected chi connectivity index (χ2v) is 9.21. The van der Waals surface area contributed by atoms with Crippen molar-refractivity contribution in [3.63, 3.8) is 0 Å². The molecule has 5 heteroatoms. The molecule has 2 aromatic rings. The molecule has 0 radical (unpaired) electrons. The van der Waals surface area contributed by atoms with Crippen molar-refractivity contribution in [2.45, 2.75) is 95.8 Å². The summed E-state index contributed by atoms with van der Waals surface area (Å²) in [7, 11) is -4.51. The molecule has 0 fully saturated rings. The Hall–Kier alpha value is 0.246. The van der Waals surface area contributed by atoms with E-state index in [-0.39, 0.29) is 56.3 Å². The van der Waals surface area contributed by atoms with Gasteiger partial charge in [-0.3, -0.25) is 0 Å². The first-order valence-electron chi connectivity index (χ1n) is 11.0. The second kappa shape index (κ2) is 14.3. The third kappa shape index (κ3) is 9.10. The van der Waals surface area contributed by atoms with E-state index < -0.39 is 10.1 Å². The number of rotatable bonds is 13. The molecule has 0 bridgehead atoms. The van der Waals surface area contributed by atoms with Crippen molar-refractivity contribution in [2.24, 2.45) is 0 Å². The van der Waals surface area contributed by atoms with Crippen LogP contribution in [0, 0.1) is 0 Å². The van der Waals surface area contributed by atoms with Gasteiger partial charge in [-0.2, -0.15) is 0 Å². The maximum atomic E-state index is 12.1. The van der Waals surface area contributed by atoms with E-state index in [4.69, 9.17) is 0 Å². The summed E-state index contributed by atoms with van der Waals surface area (Å²) in [4.78, 5) is 0.00771. The SMILES string of the molecule is CCCCCCCc1ccc2ccc(CCCCCCC)c(S(=O)(=O)[O-])c2c1.[K+]. The summed E-state index contributed by atoms with van der Waals surface area (Å²) in [6, 6.07) is 9.73. The van der Waals surface area contributed by atoms with Crippen LogP contribution in [0.5, 0.6) is 0 Å². The largest absolute Gasteiger partial charge is 1.00 e. The zero-order valence-corrected chi connectivity index (χ0v) is 22.4. The second-order valence-electron chi connectivity index (χ2n) is 7.89. The van der Waals surface area contributed by atoms with Gasteiger partial charge in [-0.1, -0.05) is 89.5 Å². The van der Waals surface area contributed by atoms with Gasteiger partial charge < -0.3 is 4.55 Å². The van der Waals surface area contributed by atoms with E-state index in [0.29, 0.717) is 17.4 Å². The van der Waals surface area contributed by atoms with Crippen LogP contribution in [-0.4, -0.2) is 13.0 Å². The molecule has 0 saturated carbocycles. The normalized spacial score (nSPS) is 11.6. The molecule has 0 aliphatic carbocycles. The molecule has 0 spiro atoms. The van der Waals surface area contributed by atoms with E-state index in [1.54, 1.807) is 0 Å². The Morgan fingerprint density at radius 3 is 1.90 bits per heavy atom. The Labute approximate surface area is 220 Å². The smallest absolute Gasteiger partial charge is 0.744 e. The Kier molecular flexibility index (Phi) is 13.5. The molecule has 2 rings (SSSR count).